The Hall–Kier alpha value is -5.55. The maximum atomic E-state index is 15.1. The van der Waals surface area contributed by atoms with Crippen LogP contribution in [-0.4, -0.2) is 89.0 Å². The van der Waals surface area contributed by atoms with Gasteiger partial charge < -0.3 is 30.3 Å². The monoisotopic (exact) mass is 911 g/mol. The number of ether oxygens (including phenoxy) is 2. The van der Waals surface area contributed by atoms with Crippen molar-refractivity contribution in [3.8, 4) is 22.2 Å². The Bertz CT molecular complexity index is 2630. The van der Waals surface area contributed by atoms with Crippen molar-refractivity contribution in [2.24, 2.45) is 5.92 Å². The number of methoxy groups -OCH3 is 1. The summed E-state index contributed by atoms with van der Waals surface area (Å²) < 4.78 is 40.5. The van der Waals surface area contributed by atoms with Gasteiger partial charge in [0.15, 0.2) is 0 Å². The number of pyridine rings is 1. The van der Waals surface area contributed by atoms with Crippen molar-refractivity contribution >= 4 is 67.3 Å². The molecule has 15 nitrogen and oxygen atoms in total. The summed E-state index contributed by atoms with van der Waals surface area (Å²) in [6.45, 7) is 9.17. The summed E-state index contributed by atoms with van der Waals surface area (Å²) in [5, 5.41) is 12.6. The molecule has 2 aliphatic heterocycles. The second-order valence-electron chi connectivity index (χ2n) is 18.2. The third-order valence-corrected chi connectivity index (χ3v) is 16.0. The number of amides is 4. The Morgan fingerprint density at radius 3 is 2.53 bits per heavy atom. The van der Waals surface area contributed by atoms with E-state index in [1.54, 1.807) is 32.2 Å². The smallest absolute Gasteiger partial charge is 0.259 e. The van der Waals surface area contributed by atoms with E-state index < -0.39 is 56.2 Å². The molecule has 0 bridgehead atoms. The molecule has 0 spiro atoms. The number of fused-ring (bicyclic) bond motifs is 3. The van der Waals surface area contributed by atoms with Crippen molar-refractivity contribution in [1.29, 1.82) is 0 Å². The maximum absolute atomic E-state index is 15.1. The first kappa shape index (κ1) is 45.0. The number of allylic oxidation sites excluding steroid dienone is 1. The highest BCUT2D eigenvalue weighted by molar-refractivity contribution is 7.91. The number of rotatable bonds is 11. The van der Waals surface area contributed by atoms with Crippen LogP contribution in [0.3, 0.4) is 0 Å². The van der Waals surface area contributed by atoms with E-state index in [-0.39, 0.29) is 37.1 Å². The van der Waals surface area contributed by atoms with E-state index in [0.29, 0.717) is 59.8 Å². The molecule has 4 N–H and O–H groups in total. The van der Waals surface area contributed by atoms with Crippen LogP contribution < -0.4 is 30.1 Å². The molecule has 2 aromatic carbocycles. The number of carbonyl (C=O) groups is 4. The normalized spacial score (nSPS) is 24.5. The molecule has 2 aromatic heterocycles. The van der Waals surface area contributed by atoms with Crippen LogP contribution >= 0.6 is 11.3 Å². The van der Waals surface area contributed by atoms with E-state index in [1.165, 1.54) is 23.2 Å². The van der Waals surface area contributed by atoms with Gasteiger partial charge in [0.1, 0.15) is 45.9 Å². The first-order valence-electron chi connectivity index (χ1n) is 22.1. The number of hydrogen-bond acceptors (Lipinski definition) is 12. The van der Waals surface area contributed by atoms with Crippen LogP contribution in [0.25, 0.3) is 21.6 Å². The largest absolute Gasteiger partial charge is 0.496 e. The molecular weight excluding hydrogens is 855 g/mol. The van der Waals surface area contributed by atoms with E-state index in [4.69, 9.17) is 19.4 Å². The fraction of sp³-hybridized carbons (Fsp3) is 0.489. The Morgan fingerprint density at radius 1 is 1.03 bits per heavy atom. The van der Waals surface area contributed by atoms with Gasteiger partial charge in [0.2, 0.25) is 27.7 Å². The third-order valence-electron chi connectivity index (χ3n) is 13.0. The molecule has 8 rings (SSSR count). The minimum atomic E-state index is -4.01. The average molecular weight is 912 g/mol. The van der Waals surface area contributed by atoms with Crippen LogP contribution in [0, 0.1) is 12.8 Å². The molecule has 4 amide bonds. The molecule has 2 saturated carbocycles. The number of benzene rings is 2. The van der Waals surface area contributed by atoms with Crippen molar-refractivity contribution in [3.05, 3.63) is 71.3 Å². The maximum Gasteiger partial charge on any atom is 0.259 e. The highest BCUT2D eigenvalue weighted by Crippen LogP contribution is 2.48. The Labute approximate surface area is 378 Å². The van der Waals surface area contributed by atoms with E-state index in [0.717, 1.165) is 40.9 Å². The number of sulfonamides is 1. The van der Waals surface area contributed by atoms with Gasteiger partial charge in [-0.3, -0.25) is 23.9 Å². The molecular formula is C47H57N7O8S2. The van der Waals surface area contributed by atoms with Crippen LogP contribution in [0.5, 0.6) is 11.5 Å². The summed E-state index contributed by atoms with van der Waals surface area (Å²) in [6.07, 6.45) is 7.92. The molecule has 2 aliphatic carbocycles. The molecule has 0 radical (unpaired) electrons. The van der Waals surface area contributed by atoms with Crippen LogP contribution in [0.1, 0.15) is 103 Å². The van der Waals surface area contributed by atoms with Crippen molar-refractivity contribution in [2.75, 3.05) is 24.3 Å². The number of aryl methyl sites for hydroxylation is 1. The van der Waals surface area contributed by atoms with Gasteiger partial charge in [-0.1, -0.05) is 44.9 Å². The van der Waals surface area contributed by atoms with E-state index >= 15 is 4.79 Å². The lowest BCUT2D eigenvalue weighted by atomic mass is 10.0. The van der Waals surface area contributed by atoms with Crippen molar-refractivity contribution in [2.45, 2.75) is 127 Å². The summed E-state index contributed by atoms with van der Waals surface area (Å²) >= 11 is 1.49. The van der Waals surface area contributed by atoms with Crippen LogP contribution in [0.15, 0.2) is 60.0 Å². The zero-order chi connectivity index (χ0) is 45.6. The molecule has 1 saturated heterocycles. The SMILES string of the molecule is COc1ccc2c(O[C@@H]3C[C@H]4C(=O)N[C@]5(C(=O)NS(=O)(=O)C6(C)CC6)C[C@H]5C=CCCCCC[C@H](Nc5cccc(NC(C)=O)c5)C(=O)N4C3)cc(-c3nc(C(C)C)cs3)nc2c1C. The average Bonchev–Trinajstić information content (AvgIpc) is 4.02. The van der Waals surface area contributed by atoms with Gasteiger partial charge in [-0.2, -0.15) is 0 Å². The van der Waals surface area contributed by atoms with Gasteiger partial charge in [0, 0.05) is 53.0 Å². The molecule has 0 unspecified atom stereocenters. The van der Waals surface area contributed by atoms with Gasteiger partial charge in [0.25, 0.3) is 5.91 Å². The molecule has 340 valence electrons. The predicted molar refractivity (Wildman–Crippen MR) is 247 cm³/mol. The van der Waals surface area contributed by atoms with E-state index in [1.807, 2.05) is 48.7 Å². The third kappa shape index (κ3) is 9.19. The van der Waals surface area contributed by atoms with Gasteiger partial charge in [-0.15, -0.1) is 11.3 Å². The molecule has 4 heterocycles. The van der Waals surface area contributed by atoms with Gasteiger partial charge in [-0.05, 0) is 88.6 Å². The first-order chi connectivity index (χ1) is 30.5. The quantitative estimate of drug-likeness (QED) is 0.113. The van der Waals surface area contributed by atoms with Gasteiger partial charge in [0.05, 0.1) is 29.6 Å². The fourth-order valence-electron chi connectivity index (χ4n) is 8.69. The lowest BCUT2D eigenvalue weighted by Crippen LogP contribution is -2.58. The molecule has 5 atom stereocenters. The van der Waals surface area contributed by atoms with Crippen molar-refractivity contribution in [1.82, 2.24) is 24.9 Å². The second-order valence-corrected chi connectivity index (χ2v) is 21.2. The number of aromatic nitrogens is 2. The highest BCUT2D eigenvalue weighted by Gasteiger charge is 2.63. The minimum absolute atomic E-state index is 0.0410. The van der Waals surface area contributed by atoms with Crippen molar-refractivity contribution in [3.63, 3.8) is 0 Å². The molecule has 4 aromatic rings. The number of anilines is 2. The van der Waals surface area contributed by atoms with Crippen LogP contribution in [0.4, 0.5) is 11.4 Å². The number of nitrogens with one attached hydrogen (secondary N) is 4. The lowest BCUT2D eigenvalue weighted by molar-refractivity contribution is -0.140. The summed E-state index contributed by atoms with van der Waals surface area (Å²) in [6, 6.07) is 10.9. The number of thiazole rings is 1. The predicted octanol–water partition coefficient (Wildman–Crippen LogP) is 6.98. The molecule has 4 aliphatic rings. The second kappa shape index (κ2) is 17.8. The van der Waals surface area contributed by atoms with E-state index in [9.17, 15) is 22.8 Å². The molecule has 64 heavy (non-hydrogen) atoms. The number of hydrogen-bond donors (Lipinski definition) is 4. The summed E-state index contributed by atoms with van der Waals surface area (Å²) in [5.74, 6) is -0.976. The Kier molecular flexibility index (Phi) is 12.5. The molecule has 3 fully saturated rings. The summed E-state index contributed by atoms with van der Waals surface area (Å²) in [5.41, 5.74) is 2.69. The topological polar surface area (TPSA) is 198 Å². The minimum Gasteiger partial charge on any atom is -0.496 e. The standard InChI is InChI=1S/C47H57N7O8S2/c1-27(2)37-26-63-43(51-37)36-23-40(34-17-18-39(61-6)28(3)41(34)50-36)62-33-22-38-42(56)52-47(45(58)53-64(59,60)46(5)19-20-46)24-30(47)13-10-8-7-9-11-16-35(44(57)54(38)25-33)49-32-15-12-14-31(21-32)48-29(4)55/h10,12-15,17-18,21,23,26-27,30,33,35,38,49H,7-9,11,16,19-20,22,24-25H2,1-6H3,(H,48,55)(H,52,56)(H,53,58)/t30-,33-,35+,38+,47-/m1/s1. The molecule has 17 heteroatoms. The van der Waals surface area contributed by atoms with Crippen molar-refractivity contribution < 1.29 is 37.1 Å². The zero-order valence-corrected chi connectivity index (χ0v) is 38.8. The fourth-order valence-corrected chi connectivity index (χ4v) is 10.9. The van der Waals surface area contributed by atoms with Gasteiger partial charge in [-0.25, -0.2) is 18.4 Å². The lowest BCUT2D eigenvalue weighted by Gasteiger charge is -2.30. The Balaban J connectivity index is 1.16. The zero-order valence-electron chi connectivity index (χ0n) is 37.2. The number of carbonyl (C=O) groups excluding carboxylic acids is 4. The van der Waals surface area contributed by atoms with E-state index in [2.05, 4.69) is 34.5 Å². The summed E-state index contributed by atoms with van der Waals surface area (Å²) in [7, 11) is -2.40. The summed E-state index contributed by atoms with van der Waals surface area (Å²) in [4.78, 5) is 67.3. The first-order valence-corrected chi connectivity index (χ1v) is 24.5. The van der Waals surface area contributed by atoms with Gasteiger partial charge >= 0.3 is 0 Å². The van der Waals surface area contributed by atoms with Crippen LogP contribution in [0.2, 0.25) is 0 Å². The van der Waals surface area contributed by atoms with Crippen LogP contribution in [-0.2, 0) is 29.2 Å². The highest BCUT2D eigenvalue weighted by atomic mass is 32.2. The number of nitrogens with zero attached hydrogens (tertiary/aromatic N) is 3. The Morgan fingerprint density at radius 2 is 1.81 bits per heavy atom.